The van der Waals surface area contributed by atoms with Crippen LogP contribution in [0.15, 0.2) is 59.7 Å². The van der Waals surface area contributed by atoms with E-state index in [0.29, 0.717) is 10.6 Å². The fraction of sp³-hybridized carbons (Fsp3) is 0.188. The van der Waals surface area contributed by atoms with Gasteiger partial charge in [-0.2, -0.15) is 5.10 Å². The number of thioether (sulfide) groups is 1. The first-order chi connectivity index (χ1) is 11.4. The summed E-state index contributed by atoms with van der Waals surface area (Å²) in [4.78, 5) is -0.831. The lowest BCUT2D eigenvalue weighted by Crippen LogP contribution is -2.44. The number of nitrogens with one attached hydrogen (secondary N) is 2. The minimum Gasteiger partial charge on any atom is -0.287 e. The third-order valence-electron chi connectivity index (χ3n) is 3.54. The lowest BCUT2D eigenvalue weighted by atomic mass is 10.1. The Labute approximate surface area is 144 Å². The zero-order chi connectivity index (χ0) is 17.2. The summed E-state index contributed by atoms with van der Waals surface area (Å²) in [7, 11) is -3.38. The van der Waals surface area contributed by atoms with Gasteiger partial charge in [0.1, 0.15) is 15.7 Å². The van der Waals surface area contributed by atoms with Gasteiger partial charge in [-0.15, -0.1) is 0 Å². The molecular weight excluding hydrogens is 349 g/mol. The Kier molecular flexibility index (Phi) is 4.62. The number of hydrogen-bond donors (Lipinski definition) is 2. The molecule has 0 bridgehead atoms. The number of hydrogen-bond acceptors (Lipinski definition) is 5. The molecule has 0 aromatic heterocycles. The van der Waals surface area contributed by atoms with Crippen LogP contribution in [0, 0.1) is 5.82 Å². The number of sulfonamides is 1. The zero-order valence-corrected chi connectivity index (χ0v) is 14.5. The van der Waals surface area contributed by atoms with E-state index in [1.165, 1.54) is 17.8 Å². The second kappa shape index (κ2) is 6.54. The first kappa shape index (κ1) is 16.9. The van der Waals surface area contributed by atoms with E-state index in [4.69, 9.17) is 0 Å². The minimum absolute atomic E-state index is 0.0853. The molecule has 1 heterocycles. The van der Waals surface area contributed by atoms with E-state index >= 15 is 0 Å². The third-order valence-corrected chi connectivity index (χ3v) is 5.53. The molecule has 0 saturated heterocycles. The summed E-state index contributed by atoms with van der Waals surface area (Å²) in [6, 6.07) is 15.7. The molecule has 5 nitrogen and oxygen atoms in total. The fourth-order valence-corrected chi connectivity index (χ4v) is 4.10. The summed E-state index contributed by atoms with van der Waals surface area (Å²) in [6.45, 7) is 0.0853. The number of nitrogens with zero attached hydrogens (tertiary/aromatic N) is 1. The molecule has 1 aliphatic heterocycles. The average Bonchev–Trinajstić information content (AvgIpc) is 2.99. The zero-order valence-electron chi connectivity index (χ0n) is 12.9. The topological polar surface area (TPSA) is 70.6 Å². The molecule has 0 spiro atoms. The summed E-state index contributed by atoms with van der Waals surface area (Å²) in [5.74, 6) is -0.370. The predicted octanol–water partition coefficient (Wildman–Crippen LogP) is 2.23. The summed E-state index contributed by atoms with van der Waals surface area (Å²) < 4.78 is 39.6. The average molecular weight is 365 g/mol. The van der Waals surface area contributed by atoms with E-state index in [1.807, 2.05) is 30.3 Å². The van der Waals surface area contributed by atoms with Crippen LogP contribution in [0.1, 0.15) is 11.1 Å². The van der Waals surface area contributed by atoms with Crippen molar-refractivity contribution in [3.05, 3.63) is 71.5 Å². The van der Waals surface area contributed by atoms with Crippen LogP contribution < -0.4 is 10.1 Å². The molecule has 126 valence electrons. The van der Waals surface area contributed by atoms with Crippen molar-refractivity contribution in [2.24, 2.45) is 5.10 Å². The van der Waals surface area contributed by atoms with Gasteiger partial charge in [0.25, 0.3) is 0 Å². The van der Waals surface area contributed by atoms with Crippen molar-refractivity contribution in [2.75, 3.05) is 12.8 Å². The summed E-state index contributed by atoms with van der Waals surface area (Å²) in [5, 5.41) is 4.73. The van der Waals surface area contributed by atoms with E-state index in [9.17, 15) is 12.8 Å². The van der Waals surface area contributed by atoms with Crippen LogP contribution in [0.25, 0.3) is 0 Å². The largest absolute Gasteiger partial charge is 0.287 e. The molecule has 0 amide bonds. The van der Waals surface area contributed by atoms with Crippen LogP contribution >= 0.6 is 11.8 Å². The predicted molar refractivity (Wildman–Crippen MR) is 94.6 cm³/mol. The van der Waals surface area contributed by atoms with Crippen molar-refractivity contribution in [1.82, 2.24) is 10.1 Å². The van der Waals surface area contributed by atoms with Gasteiger partial charge in [0.15, 0.2) is 0 Å². The van der Waals surface area contributed by atoms with E-state index < -0.39 is 14.9 Å². The van der Waals surface area contributed by atoms with Crippen LogP contribution in [0.2, 0.25) is 0 Å². The van der Waals surface area contributed by atoms with E-state index in [1.54, 1.807) is 18.2 Å². The normalized spacial score (nSPS) is 20.5. The maximum atomic E-state index is 14.0. The Morgan fingerprint density at radius 3 is 2.50 bits per heavy atom. The second-order valence-electron chi connectivity index (χ2n) is 5.40. The van der Waals surface area contributed by atoms with Crippen molar-refractivity contribution < 1.29 is 12.8 Å². The Morgan fingerprint density at radius 2 is 1.83 bits per heavy atom. The van der Waals surface area contributed by atoms with E-state index in [2.05, 4.69) is 15.2 Å². The molecule has 24 heavy (non-hydrogen) atoms. The van der Waals surface area contributed by atoms with Gasteiger partial charge in [-0.3, -0.25) is 5.43 Å². The third kappa shape index (κ3) is 3.61. The lowest BCUT2D eigenvalue weighted by molar-refractivity contribution is 0.498. The molecule has 1 unspecified atom stereocenters. The molecule has 2 aromatic carbocycles. The van der Waals surface area contributed by atoms with Crippen molar-refractivity contribution in [3.63, 3.8) is 0 Å². The highest BCUT2D eigenvalue weighted by molar-refractivity contribution is 8.15. The van der Waals surface area contributed by atoms with Crippen molar-refractivity contribution >= 4 is 26.8 Å². The molecule has 0 radical (unpaired) electrons. The first-order valence-corrected chi connectivity index (χ1v) is 9.89. The highest BCUT2D eigenvalue weighted by Crippen LogP contribution is 2.40. The molecular formula is C16H16FN3O2S2. The molecule has 2 aromatic rings. The summed E-state index contributed by atoms with van der Waals surface area (Å²) in [6.07, 6.45) is 1.10. The molecule has 3 rings (SSSR count). The van der Waals surface area contributed by atoms with E-state index in [0.717, 1.165) is 11.8 Å². The fourth-order valence-electron chi connectivity index (χ4n) is 2.34. The second-order valence-corrected chi connectivity index (χ2v) is 8.52. The Bertz CT molecular complexity index is 872. The van der Waals surface area contributed by atoms with Gasteiger partial charge in [0.05, 0.1) is 6.26 Å². The monoisotopic (exact) mass is 365 g/mol. The van der Waals surface area contributed by atoms with Crippen molar-refractivity contribution in [1.29, 1.82) is 0 Å². The standard InChI is InChI=1S/C16H16FN3O2S2/c1-24(21,22)18-11-16(12-7-3-2-4-8-12)20-19-15(23-16)13-9-5-6-10-14(13)17/h2-10,18,20H,11H2,1H3. The Balaban J connectivity index is 1.93. The highest BCUT2D eigenvalue weighted by atomic mass is 32.2. The van der Waals surface area contributed by atoms with Crippen LogP contribution in [0.3, 0.4) is 0 Å². The van der Waals surface area contributed by atoms with Crippen LogP contribution in [-0.4, -0.2) is 26.3 Å². The molecule has 0 fully saturated rings. The van der Waals surface area contributed by atoms with Gasteiger partial charge in [-0.1, -0.05) is 54.2 Å². The maximum Gasteiger partial charge on any atom is 0.208 e. The van der Waals surface area contributed by atoms with Crippen molar-refractivity contribution in [2.45, 2.75) is 4.87 Å². The lowest BCUT2D eigenvalue weighted by Gasteiger charge is -2.28. The Hall–Kier alpha value is -1.90. The quantitative estimate of drug-likeness (QED) is 0.852. The highest BCUT2D eigenvalue weighted by Gasteiger charge is 2.40. The number of rotatable bonds is 5. The molecule has 8 heteroatoms. The minimum atomic E-state index is -3.38. The first-order valence-electron chi connectivity index (χ1n) is 7.19. The molecule has 2 N–H and O–H groups in total. The summed E-state index contributed by atoms with van der Waals surface area (Å²) >= 11 is 1.29. The van der Waals surface area contributed by atoms with Gasteiger partial charge in [0, 0.05) is 12.1 Å². The van der Waals surface area contributed by atoms with Gasteiger partial charge < -0.3 is 0 Å². The van der Waals surface area contributed by atoms with Gasteiger partial charge in [-0.05, 0) is 17.7 Å². The molecule has 0 aliphatic carbocycles. The van der Waals surface area contributed by atoms with Crippen LogP contribution in [-0.2, 0) is 14.9 Å². The van der Waals surface area contributed by atoms with Crippen molar-refractivity contribution in [3.8, 4) is 0 Å². The Morgan fingerprint density at radius 1 is 1.17 bits per heavy atom. The van der Waals surface area contributed by atoms with E-state index in [-0.39, 0.29) is 12.4 Å². The smallest absolute Gasteiger partial charge is 0.208 e. The van der Waals surface area contributed by atoms with Gasteiger partial charge in [-0.25, -0.2) is 17.5 Å². The molecule has 0 saturated carbocycles. The summed E-state index contributed by atoms with van der Waals surface area (Å²) in [5.41, 5.74) is 4.22. The molecule has 1 atom stereocenters. The number of halogens is 1. The maximum absolute atomic E-state index is 14.0. The van der Waals surface area contributed by atoms with Crippen LogP contribution in [0.5, 0.6) is 0 Å². The van der Waals surface area contributed by atoms with Crippen LogP contribution in [0.4, 0.5) is 4.39 Å². The SMILES string of the molecule is CS(=O)(=O)NCC1(c2ccccc2)NN=C(c2ccccc2F)S1. The van der Waals surface area contributed by atoms with Gasteiger partial charge in [0.2, 0.25) is 10.0 Å². The number of benzene rings is 2. The molecule has 1 aliphatic rings. The van der Waals surface area contributed by atoms with Gasteiger partial charge >= 0.3 is 0 Å². The number of hydrazone groups is 1.